The SMILES string of the molecule is CCO/N=C/c1ccc(COc2c(Cl)cc(OCC=C(Cl)Cl)cc2Cl)cc1. The first-order chi connectivity index (χ1) is 13.0. The second-order valence-corrected chi connectivity index (χ2v) is 7.03. The zero-order valence-electron chi connectivity index (χ0n) is 14.4. The fraction of sp³-hybridized carbons (Fsp3) is 0.211. The average Bonchev–Trinajstić information content (AvgIpc) is 2.62. The molecule has 0 aliphatic carbocycles. The average molecular weight is 449 g/mol. The first-order valence-electron chi connectivity index (χ1n) is 7.99. The van der Waals surface area contributed by atoms with Gasteiger partial charge in [0.1, 0.15) is 30.1 Å². The molecule has 2 aromatic carbocycles. The molecular formula is C19H17Cl4NO3. The predicted molar refractivity (Wildman–Crippen MR) is 112 cm³/mol. The highest BCUT2D eigenvalue weighted by Crippen LogP contribution is 2.37. The van der Waals surface area contributed by atoms with Crippen LogP contribution in [-0.2, 0) is 11.4 Å². The molecule has 0 N–H and O–H groups in total. The van der Waals surface area contributed by atoms with Crippen LogP contribution in [-0.4, -0.2) is 19.4 Å². The van der Waals surface area contributed by atoms with Crippen LogP contribution in [0.4, 0.5) is 0 Å². The number of ether oxygens (including phenoxy) is 2. The van der Waals surface area contributed by atoms with Crippen molar-refractivity contribution in [3.05, 3.63) is 68.1 Å². The van der Waals surface area contributed by atoms with E-state index in [1.54, 1.807) is 18.3 Å². The molecule has 0 spiro atoms. The summed E-state index contributed by atoms with van der Waals surface area (Å²) in [5.74, 6) is 0.875. The van der Waals surface area contributed by atoms with Crippen molar-refractivity contribution in [2.45, 2.75) is 13.5 Å². The summed E-state index contributed by atoms with van der Waals surface area (Å²) < 4.78 is 11.3. The van der Waals surface area contributed by atoms with Gasteiger partial charge >= 0.3 is 0 Å². The first-order valence-corrected chi connectivity index (χ1v) is 9.51. The first kappa shape index (κ1) is 21.7. The lowest BCUT2D eigenvalue weighted by molar-refractivity contribution is 0.160. The third-order valence-electron chi connectivity index (χ3n) is 3.23. The smallest absolute Gasteiger partial charge is 0.157 e. The molecule has 144 valence electrons. The van der Waals surface area contributed by atoms with Crippen LogP contribution in [0.2, 0.25) is 10.0 Å². The molecule has 2 rings (SSSR count). The van der Waals surface area contributed by atoms with Crippen LogP contribution in [0.25, 0.3) is 0 Å². The molecule has 0 aromatic heterocycles. The van der Waals surface area contributed by atoms with Gasteiger partial charge in [-0.3, -0.25) is 0 Å². The van der Waals surface area contributed by atoms with Gasteiger partial charge in [0.15, 0.2) is 5.75 Å². The largest absolute Gasteiger partial charge is 0.489 e. The summed E-state index contributed by atoms with van der Waals surface area (Å²) >= 11 is 23.6. The Balaban J connectivity index is 1.98. The molecule has 0 unspecified atom stereocenters. The van der Waals surface area contributed by atoms with Gasteiger partial charge in [-0.25, -0.2) is 0 Å². The molecule has 2 aromatic rings. The maximum absolute atomic E-state index is 6.25. The van der Waals surface area contributed by atoms with Crippen molar-refractivity contribution in [3.63, 3.8) is 0 Å². The Hall–Kier alpha value is -1.59. The number of oxime groups is 1. The summed E-state index contributed by atoms with van der Waals surface area (Å²) in [6.45, 7) is 2.92. The summed E-state index contributed by atoms with van der Waals surface area (Å²) in [4.78, 5) is 4.93. The third kappa shape index (κ3) is 7.51. The summed E-state index contributed by atoms with van der Waals surface area (Å²) in [5, 5.41) is 4.52. The van der Waals surface area contributed by atoms with Gasteiger partial charge in [0.05, 0.1) is 16.3 Å². The summed E-state index contributed by atoms with van der Waals surface area (Å²) in [5.41, 5.74) is 1.88. The van der Waals surface area contributed by atoms with E-state index < -0.39 is 0 Å². The van der Waals surface area contributed by atoms with Gasteiger partial charge in [-0.2, -0.15) is 0 Å². The molecular weight excluding hydrogens is 432 g/mol. The van der Waals surface area contributed by atoms with E-state index in [0.717, 1.165) is 11.1 Å². The third-order valence-corrected chi connectivity index (χ3v) is 4.10. The second-order valence-electron chi connectivity index (χ2n) is 5.20. The van der Waals surface area contributed by atoms with Crippen LogP contribution >= 0.6 is 46.4 Å². The molecule has 0 heterocycles. The minimum atomic E-state index is 0.127. The fourth-order valence-electron chi connectivity index (χ4n) is 1.99. The molecule has 0 atom stereocenters. The van der Waals surface area contributed by atoms with Gasteiger partial charge in [-0.05, 0) is 24.1 Å². The van der Waals surface area contributed by atoms with E-state index in [4.69, 9.17) is 60.7 Å². The molecule has 0 fully saturated rings. The lowest BCUT2D eigenvalue weighted by Gasteiger charge is -2.12. The van der Waals surface area contributed by atoms with Crippen molar-refractivity contribution in [1.29, 1.82) is 0 Å². The van der Waals surface area contributed by atoms with Crippen molar-refractivity contribution in [1.82, 2.24) is 0 Å². The topological polar surface area (TPSA) is 40.0 Å². The summed E-state index contributed by atoms with van der Waals surface area (Å²) in [6, 6.07) is 10.9. The molecule has 8 heteroatoms. The molecule has 4 nitrogen and oxygen atoms in total. The molecule has 27 heavy (non-hydrogen) atoms. The maximum atomic E-state index is 6.25. The minimum absolute atomic E-state index is 0.127. The Morgan fingerprint density at radius 2 is 1.70 bits per heavy atom. The minimum Gasteiger partial charge on any atom is -0.489 e. The highest BCUT2D eigenvalue weighted by molar-refractivity contribution is 6.55. The molecule has 0 aliphatic heterocycles. The number of hydrogen-bond donors (Lipinski definition) is 0. The lowest BCUT2D eigenvalue weighted by Crippen LogP contribution is -1.99. The van der Waals surface area contributed by atoms with Crippen molar-refractivity contribution in [3.8, 4) is 11.5 Å². The Bertz CT molecular complexity index is 780. The van der Waals surface area contributed by atoms with Crippen molar-refractivity contribution < 1.29 is 14.3 Å². The zero-order valence-corrected chi connectivity index (χ0v) is 17.4. The molecule has 0 aliphatic rings. The highest BCUT2D eigenvalue weighted by Gasteiger charge is 2.11. The molecule has 0 saturated carbocycles. The predicted octanol–water partition coefficient (Wildman–Crippen LogP) is 6.64. The van der Waals surface area contributed by atoms with E-state index >= 15 is 0 Å². The van der Waals surface area contributed by atoms with Gasteiger partial charge in [0, 0.05) is 12.1 Å². The van der Waals surface area contributed by atoms with E-state index in [2.05, 4.69) is 5.16 Å². The molecule has 0 radical (unpaired) electrons. The van der Waals surface area contributed by atoms with Crippen molar-refractivity contribution in [2.24, 2.45) is 5.16 Å². The number of rotatable bonds is 9. The van der Waals surface area contributed by atoms with Gasteiger partial charge in [-0.1, -0.05) is 75.8 Å². The zero-order chi connectivity index (χ0) is 19.6. The van der Waals surface area contributed by atoms with Crippen molar-refractivity contribution in [2.75, 3.05) is 13.2 Å². The Labute approximate surface area is 178 Å². The monoisotopic (exact) mass is 447 g/mol. The van der Waals surface area contributed by atoms with Gasteiger partial charge in [-0.15, -0.1) is 0 Å². The normalized spacial score (nSPS) is 10.7. The van der Waals surface area contributed by atoms with E-state index in [9.17, 15) is 0 Å². The van der Waals surface area contributed by atoms with E-state index in [-0.39, 0.29) is 11.1 Å². The fourth-order valence-corrected chi connectivity index (χ4v) is 2.69. The number of benzene rings is 2. The van der Waals surface area contributed by atoms with E-state index in [1.165, 1.54) is 6.08 Å². The van der Waals surface area contributed by atoms with Crippen LogP contribution in [0, 0.1) is 0 Å². The van der Waals surface area contributed by atoms with E-state index in [0.29, 0.717) is 34.8 Å². The Kier molecular flexibility index (Phi) is 9.08. The molecule has 0 bridgehead atoms. The van der Waals surface area contributed by atoms with Crippen LogP contribution in [0.15, 0.2) is 52.1 Å². The quantitative estimate of drug-likeness (QED) is 0.318. The molecule has 0 saturated heterocycles. The van der Waals surface area contributed by atoms with Crippen LogP contribution in [0.5, 0.6) is 11.5 Å². The maximum Gasteiger partial charge on any atom is 0.157 e. The summed E-state index contributed by atoms with van der Waals surface area (Å²) in [6.07, 6.45) is 3.16. The van der Waals surface area contributed by atoms with Gasteiger partial charge < -0.3 is 14.3 Å². The number of halogens is 4. The van der Waals surface area contributed by atoms with Crippen LogP contribution in [0.3, 0.4) is 0 Å². The van der Waals surface area contributed by atoms with Crippen LogP contribution < -0.4 is 9.47 Å². The lowest BCUT2D eigenvalue weighted by atomic mass is 10.1. The van der Waals surface area contributed by atoms with Gasteiger partial charge in [0.2, 0.25) is 0 Å². The Morgan fingerprint density at radius 1 is 1.04 bits per heavy atom. The van der Waals surface area contributed by atoms with Crippen LogP contribution in [0.1, 0.15) is 18.1 Å². The molecule has 0 amide bonds. The van der Waals surface area contributed by atoms with Crippen molar-refractivity contribution >= 4 is 52.6 Å². The standard InChI is InChI=1S/C19H17Cl4NO3/c1-2-27-24-11-13-3-5-14(6-4-13)12-26-19-16(20)9-15(10-17(19)21)25-8-7-18(22)23/h3-7,9-11H,2,8,12H2,1H3/b24-11+. The number of nitrogens with zero attached hydrogens (tertiary/aromatic N) is 1. The Morgan fingerprint density at radius 3 is 2.30 bits per heavy atom. The highest BCUT2D eigenvalue weighted by atomic mass is 35.5. The summed E-state index contributed by atoms with van der Waals surface area (Å²) in [7, 11) is 0. The van der Waals surface area contributed by atoms with E-state index in [1.807, 2.05) is 31.2 Å². The van der Waals surface area contributed by atoms with Gasteiger partial charge in [0.25, 0.3) is 0 Å². The number of hydrogen-bond acceptors (Lipinski definition) is 4. The second kappa shape index (κ2) is 11.3.